The van der Waals surface area contributed by atoms with Gasteiger partial charge in [-0.15, -0.1) is 0 Å². The summed E-state index contributed by atoms with van der Waals surface area (Å²) in [5, 5.41) is 2.44. The number of esters is 1. The summed E-state index contributed by atoms with van der Waals surface area (Å²) < 4.78 is 16.5. The van der Waals surface area contributed by atoms with Gasteiger partial charge in [0.15, 0.2) is 0 Å². The lowest BCUT2D eigenvalue weighted by Gasteiger charge is -2.43. The Kier molecular flexibility index (Phi) is 9.84. The fraction of sp³-hybridized carbons (Fsp3) is 0.429. The van der Waals surface area contributed by atoms with E-state index < -0.39 is 41.6 Å². The summed E-state index contributed by atoms with van der Waals surface area (Å²) >= 11 is 0. The Labute approximate surface area is 222 Å². The van der Waals surface area contributed by atoms with Gasteiger partial charge in [-0.2, -0.15) is 0 Å². The third-order valence-electron chi connectivity index (χ3n) is 5.82. The van der Waals surface area contributed by atoms with E-state index in [9.17, 15) is 19.2 Å². The highest BCUT2D eigenvalue weighted by Gasteiger charge is 2.45. The van der Waals surface area contributed by atoms with E-state index in [0.717, 1.165) is 5.56 Å². The van der Waals surface area contributed by atoms with Gasteiger partial charge in [-0.25, -0.2) is 4.79 Å². The smallest absolute Gasteiger partial charge is 0.411 e. The number of benzene rings is 2. The van der Waals surface area contributed by atoms with Gasteiger partial charge in [0.2, 0.25) is 11.8 Å². The summed E-state index contributed by atoms with van der Waals surface area (Å²) in [6.45, 7) is 5.12. The van der Waals surface area contributed by atoms with E-state index in [1.54, 1.807) is 20.8 Å². The van der Waals surface area contributed by atoms with Crippen molar-refractivity contribution >= 4 is 23.9 Å². The summed E-state index contributed by atoms with van der Waals surface area (Å²) in [5.41, 5.74) is 0.829. The molecule has 2 atom stereocenters. The lowest BCUT2D eigenvalue weighted by Crippen LogP contribution is -2.62. The van der Waals surface area contributed by atoms with E-state index >= 15 is 0 Å². The van der Waals surface area contributed by atoms with E-state index in [2.05, 4.69) is 10.1 Å². The number of nitrogens with one attached hydrogen (secondary N) is 1. The maximum atomic E-state index is 13.9. The van der Waals surface area contributed by atoms with Crippen LogP contribution in [-0.2, 0) is 35.2 Å². The molecule has 10 heteroatoms. The Morgan fingerprint density at radius 3 is 2.24 bits per heavy atom. The quantitative estimate of drug-likeness (QED) is 0.501. The summed E-state index contributed by atoms with van der Waals surface area (Å²) in [6.07, 6.45) is -1.48. The van der Waals surface area contributed by atoms with E-state index in [-0.39, 0.29) is 32.8 Å². The lowest BCUT2D eigenvalue weighted by atomic mass is 9.97. The number of amides is 3. The minimum atomic E-state index is -1.09. The second kappa shape index (κ2) is 13.0. The number of hydrogen-bond acceptors (Lipinski definition) is 7. The van der Waals surface area contributed by atoms with Crippen molar-refractivity contribution in [3.05, 3.63) is 71.8 Å². The highest BCUT2D eigenvalue weighted by Crippen LogP contribution is 2.31. The molecule has 0 radical (unpaired) electrons. The lowest BCUT2D eigenvalue weighted by molar-refractivity contribution is -0.152. The Hall–Kier alpha value is -3.92. The van der Waals surface area contributed by atoms with Gasteiger partial charge in [0.05, 0.1) is 20.3 Å². The molecule has 1 aliphatic heterocycles. The maximum Gasteiger partial charge on any atom is 0.411 e. The van der Waals surface area contributed by atoms with Gasteiger partial charge in [0.25, 0.3) is 0 Å². The van der Waals surface area contributed by atoms with Crippen LogP contribution in [0.15, 0.2) is 60.7 Å². The number of rotatable bonds is 9. The number of methoxy groups -OCH3 is 1. The Bertz CT molecular complexity index is 1100. The van der Waals surface area contributed by atoms with Crippen LogP contribution in [0.25, 0.3) is 0 Å². The first-order valence-corrected chi connectivity index (χ1v) is 12.4. The molecule has 0 spiro atoms. The van der Waals surface area contributed by atoms with Crippen LogP contribution in [0.3, 0.4) is 0 Å². The molecule has 38 heavy (non-hydrogen) atoms. The molecular weight excluding hydrogens is 490 g/mol. The monoisotopic (exact) mass is 525 g/mol. The van der Waals surface area contributed by atoms with Crippen LogP contribution >= 0.6 is 0 Å². The van der Waals surface area contributed by atoms with Crippen molar-refractivity contribution in [2.75, 3.05) is 33.3 Å². The van der Waals surface area contributed by atoms with Crippen molar-refractivity contribution in [1.82, 2.24) is 15.1 Å². The molecule has 1 heterocycles. The number of carbonyl (C=O) groups excluding carboxylic acids is 4. The number of nitrogens with zero attached hydrogens (tertiary/aromatic N) is 2. The highest BCUT2D eigenvalue weighted by molar-refractivity contribution is 5.92. The zero-order valence-corrected chi connectivity index (χ0v) is 22.2. The minimum Gasteiger partial charge on any atom is -0.468 e. The Morgan fingerprint density at radius 2 is 1.63 bits per heavy atom. The van der Waals surface area contributed by atoms with Gasteiger partial charge in [-0.05, 0) is 31.9 Å². The number of ether oxygens (including phenoxy) is 3. The zero-order chi connectivity index (χ0) is 27.7. The van der Waals surface area contributed by atoms with Crippen LogP contribution in [0.2, 0.25) is 0 Å². The molecule has 3 amide bonds. The van der Waals surface area contributed by atoms with Gasteiger partial charge in [0, 0.05) is 13.1 Å². The molecule has 3 rings (SSSR count). The van der Waals surface area contributed by atoms with Crippen molar-refractivity contribution in [3.63, 3.8) is 0 Å². The first-order valence-electron chi connectivity index (χ1n) is 12.4. The fourth-order valence-corrected chi connectivity index (χ4v) is 4.02. The average Bonchev–Trinajstić information content (AvgIpc) is 2.89. The third kappa shape index (κ3) is 8.04. The summed E-state index contributed by atoms with van der Waals surface area (Å²) in [5.74, 6) is -1.58. The number of carbonyl (C=O) groups is 4. The molecule has 0 saturated carbocycles. The molecule has 1 fully saturated rings. The standard InChI is InChI=1S/C28H35N3O7/c1-28(2,3)38-27(35)31-16-15-30(18-22(32)29-17-23(33)36-4)26(34)24(31)25(21-13-9-6-10-14-21)37-19-20-11-7-5-8-12-20/h5-14,24-25H,15-19H2,1-4H3,(H,29,32). The molecule has 2 aromatic rings. The van der Waals surface area contributed by atoms with Crippen molar-refractivity contribution in [3.8, 4) is 0 Å². The van der Waals surface area contributed by atoms with E-state index in [0.29, 0.717) is 5.56 Å². The molecular formula is C28H35N3O7. The molecule has 1 saturated heterocycles. The zero-order valence-electron chi connectivity index (χ0n) is 22.2. The molecule has 1 aliphatic rings. The van der Waals surface area contributed by atoms with E-state index in [1.165, 1.54) is 16.9 Å². The van der Waals surface area contributed by atoms with Gasteiger partial charge in [0.1, 0.15) is 24.3 Å². The summed E-state index contributed by atoms with van der Waals surface area (Å²) in [7, 11) is 1.22. The normalized spacial score (nSPS) is 16.5. The molecule has 0 aliphatic carbocycles. The number of hydrogen-bond donors (Lipinski definition) is 1. The van der Waals surface area contributed by atoms with Crippen molar-refractivity contribution in [2.24, 2.45) is 0 Å². The molecule has 2 unspecified atom stereocenters. The average molecular weight is 526 g/mol. The second-order valence-electron chi connectivity index (χ2n) is 9.86. The van der Waals surface area contributed by atoms with Crippen molar-refractivity contribution < 1.29 is 33.4 Å². The molecule has 10 nitrogen and oxygen atoms in total. The maximum absolute atomic E-state index is 13.9. The Balaban J connectivity index is 1.91. The predicted molar refractivity (Wildman–Crippen MR) is 139 cm³/mol. The van der Waals surface area contributed by atoms with Crippen LogP contribution in [0, 0.1) is 0 Å². The van der Waals surface area contributed by atoms with Gasteiger partial charge in [-0.3, -0.25) is 19.3 Å². The van der Waals surface area contributed by atoms with Crippen LogP contribution in [0.4, 0.5) is 4.79 Å². The van der Waals surface area contributed by atoms with E-state index in [4.69, 9.17) is 9.47 Å². The first kappa shape index (κ1) is 28.6. The first-order chi connectivity index (χ1) is 18.1. The van der Waals surface area contributed by atoms with Crippen LogP contribution in [0.5, 0.6) is 0 Å². The summed E-state index contributed by atoms with van der Waals surface area (Å²) in [4.78, 5) is 53.8. The minimum absolute atomic E-state index is 0.112. The largest absolute Gasteiger partial charge is 0.468 e. The van der Waals surface area contributed by atoms with Crippen molar-refractivity contribution in [1.29, 1.82) is 0 Å². The molecule has 1 N–H and O–H groups in total. The van der Waals surface area contributed by atoms with Crippen LogP contribution < -0.4 is 5.32 Å². The van der Waals surface area contributed by atoms with Crippen LogP contribution in [-0.4, -0.2) is 78.6 Å². The second-order valence-corrected chi connectivity index (χ2v) is 9.86. The molecule has 0 bridgehead atoms. The molecule has 2 aromatic carbocycles. The SMILES string of the molecule is COC(=O)CNC(=O)CN1CCN(C(=O)OC(C)(C)C)C(C(OCc2ccccc2)c2ccccc2)C1=O. The predicted octanol–water partition coefficient (Wildman–Crippen LogP) is 2.68. The highest BCUT2D eigenvalue weighted by atomic mass is 16.6. The van der Waals surface area contributed by atoms with E-state index in [1.807, 2.05) is 60.7 Å². The van der Waals surface area contributed by atoms with Gasteiger partial charge >= 0.3 is 12.1 Å². The van der Waals surface area contributed by atoms with Gasteiger partial charge < -0.3 is 24.4 Å². The molecule has 0 aromatic heterocycles. The van der Waals surface area contributed by atoms with Gasteiger partial charge in [-0.1, -0.05) is 60.7 Å². The summed E-state index contributed by atoms with van der Waals surface area (Å²) in [6, 6.07) is 17.6. The number of piperazine rings is 1. The fourth-order valence-electron chi connectivity index (χ4n) is 4.02. The van der Waals surface area contributed by atoms with Crippen molar-refractivity contribution in [2.45, 2.75) is 45.1 Å². The topological polar surface area (TPSA) is 114 Å². The van der Waals surface area contributed by atoms with Crippen LogP contribution in [0.1, 0.15) is 38.0 Å². The molecule has 204 valence electrons. The third-order valence-corrected chi connectivity index (χ3v) is 5.82. The Morgan fingerprint density at radius 1 is 1.00 bits per heavy atom.